The van der Waals surface area contributed by atoms with Gasteiger partial charge in [-0.05, 0) is 44.2 Å². The van der Waals surface area contributed by atoms with Gasteiger partial charge < -0.3 is 0 Å². The van der Waals surface area contributed by atoms with Crippen molar-refractivity contribution in [3.8, 4) is 0 Å². The van der Waals surface area contributed by atoms with E-state index in [9.17, 15) is 8.42 Å². The van der Waals surface area contributed by atoms with Gasteiger partial charge in [-0.25, -0.2) is 13.1 Å². The monoisotopic (exact) mass is 334 g/mol. The van der Waals surface area contributed by atoms with Crippen molar-refractivity contribution in [1.29, 1.82) is 0 Å². The van der Waals surface area contributed by atoms with Crippen LogP contribution < -0.4 is 4.72 Å². The van der Waals surface area contributed by atoms with Crippen molar-refractivity contribution in [3.05, 3.63) is 41.5 Å². The van der Waals surface area contributed by atoms with Gasteiger partial charge in [0.1, 0.15) is 0 Å². The highest BCUT2D eigenvalue weighted by molar-refractivity contribution is 7.90. The maximum Gasteiger partial charge on any atom is 0.214 e. The predicted octanol–water partition coefficient (Wildman–Crippen LogP) is 2.49. The first-order valence-corrected chi connectivity index (χ1v) is 10.0. The molecule has 1 atom stereocenters. The van der Waals surface area contributed by atoms with Crippen LogP contribution in [0.15, 0.2) is 35.9 Å². The van der Waals surface area contributed by atoms with Crippen molar-refractivity contribution in [2.45, 2.75) is 31.4 Å². The van der Waals surface area contributed by atoms with Crippen molar-refractivity contribution < 1.29 is 8.42 Å². The maximum absolute atomic E-state index is 11.9. The topological polar surface area (TPSA) is 49.4 Å². The number of nitrogens with zero attached hydrogens (tertiary/aromatic N) is 1. The van der Waals surface area contributed by atoms with Gasteiger partial charge in [0.05, 0.1) is 5.25 Å². The fraction of sp³-hybridized carbons (Fsp3) is 0.556. The van der Waals surface area contributed by atoms with Crippen molar-refractivity contribution in [2.75, 3.05) is 26.2 Å². The summed E-state index contributed by atoms with van der Waals surface area (Å²) in [4.78, 5) is 2.42. The van der Waals surface area contributed by atoms with Gasteiger partial charge in [0.25, 0.3) is 0 Å². The summed E-state index contributed by atoms with van der Waals surface area (Å²) in [6.07, 6.45) is 4.96. The number of nitrogens with one attached hydrogen (secondary N) is 1. The molecule has 1 saturated carbocycles. The van der Waals surface area contributed by atoms with Crippen molar-refractivity contribution in [2.24, 2.45) is 5.92 Å². The smallest absolute Gasteiger partial charge is 0.214 e. The number of rotatable bonds is 7. The molecule has 2 aliphatic rings. The summed E-state index contributed by atoms with van der Waals surface area (Å²) in [6, 6.07) is 10.4. The van der Waals surface area contributed by atoms with Crippen LogP contribution in [0.2, 0.25) is 0 Å². The van der Waals surface area contributed by atoms with E-state index >= 15 is 0 Å². The molecule has 4 nitrogen and oxygen atoms in total. The Morgan fingerprint density at radius 3 is 2.70 bits per heavy atom. The Kier molecular flexibility index (Phi) is 5.19. The normalized spacial score (nSPS) is 23.3. The molecule has 0 spiro atoms. The SMILES string of the molecule is C/C(=C\c1ccccc1)CN1CC[C@@H](CNS(=O)(=O)C2CC2)C1. The van der Waals surface area contributed by atoms with Crippen LogP contribution in [0, 0.1) is 5.92 Å². The highest BCUT2D eigenvalue weighted by Crippen LogP contribution is 2.27. The van der Waals surface area contributed by atoms with Crippen LogP contribution in [0.5, 0.6) is 0 Å². The zero-order valence-corrected chi connectivity index (χ0v) is 14.6. The van der Waals surface area contributed by atoms with E-state index in [2.05, 4.69) is 46.9 Å². The van der Waals surface area contributed by atoms with E-state index < -0.39 is 10.0 Å². The molecule has 1 aliphatic heterocycles. The van der Waals surface area contributed by atoms with Crippen LogP contribution in [0.1, 0.15) is 31.7 Å². The van der Waals surface area contributed by atoms with E-state index in [1.807, 2.05) is 6.07 Å². The molecule has 0 unspecified atom stereocenters. The molecule has 1 N–H and O–H groups in total. The third kappa shape index (κ3) is 4.90. The molecular formula is C18H26N2O2S. The number of likely N-dealkylation sites (tertiary alicyclic amines) is 1. The molecule has 23 heavy (non-hydrogen) atoms. The first-order valence-electron chi connectivity index (χ1n) is 8.46. The van der Waals surface area contributed by atoms with Crippen molar-refractivity contribution in [1.82, 2.24) is 9.62 Å². The van der Waals surface area contributed by atoms with Gasteiger partial charge in [-0.2, -0.15) is 0 Å². The van der Waals surface area contributed by atoms with Gasteiger partial charge in [0.15, 0.2) is 0 Å². The van der Waals surface area contributed by atoms with Gasteiger partial charge in [0.2, 0.25) is 10.0 Å². The fourth-order valence-corrected chi connectivity index (χ4v) is 4.65. The summed E-state index contributed by atoms with van der Waals surface area (Å²) in [6.45, 7) is 5.75. The van der Waals surface area contributed by atoms with Crippen LogP contribution in [0.25, 0.3) is 6.08 Å². The van der Waals surface area contributed by atoms with E-state index in [1.54, 1.807) is 0 Å². The van der Waals surface area contributed by atoms with E-state index in [0.29, 0.717) is 12.5 Å². The molecule has 0 amide bonds. The van der Waals surface area contributed by atoms with E-state index in [1.165, 1.54) is 11.1 Å². The molecule has 5 heteroatoms. The van der Waals surface area contributed by atoms with Gasteiger partial charge >= 0.3 is 0 Å². The summed E-state index contributed by atoms with van der Waals surface area (Å²) in [5.41, 5.74) is 2.58. The Morgan fingerprint density at radius 2 is 2.00 bits per heavy atom. The maximum atomic E-state index is 11.9. The zero-order valence-electron chi connectivity index (χ0n) is 13.7. The third-order valence-corrected chi connectivity index (χ3v) is 6.51. The third-order valence-electron chi connectivity index (χ3n) is 4.59. The lowest BCUT2D eigenvalue weighted by Crippen LogP contribution is -2.33. The van der Waals surface area contributed by atoms with Gasteiger partial charge in [-0.3, -0.25) is 4.90 Å². The molecule has 2 fully saturated rings. The molecule has 0 radical (unpaired) electrons. The number of hydrogen-bond donors (Lipinski definition) is 1. The van der Waals surface area contributed by atoms with E-state index in [-0.39, 0.29) is 5.25 Å². The zero-order chi connectivity index (χ0) is 16.3. The molecule has 1 heterocycles. The molecule has 0 aromatic heterocycles. The second kappa shape index (κ2) is 7.16. The average molecular weight is 334 g/mol. The number of hydrogen-bond acceptors (Lipinski definition) is 3. The lowest BCUT2D eigenvalue weighted by Gasteiger charge is -2.17. The van der Waals surface area contributed by atoms with Crippen molar-refractivity contribution in [3.63, 3.8) is 0 Å². The minimum Gasteiger partial charge on any atom is -0.299 e. The average Bonchev–Trinajstić information content (AvgIpc) is 3.29. The van der Waals surface area contributed by atoms with Gasteiger partial charge in [-0.15, -0.1) is 0 Å². The molecule has 126 valence electrons. The van der Waals surface area contributed by atoms with E-state index in [4.69, 9.17) is 0 Å². The minimum absolute atomic E-state index is 0.115. The Morgan fingerprint density at radius 1 is 1.26 bits per heavy atom. The Bertz CT molecular complexity index is 651. The molecule has 0 bridgehead atoms. The largest absolute Gasteiger partial charge is 0.299 e. The van der Waals surface area contributed by atoms with Crippen LogP contribution in [0.3, 0.4) is 0 Å². The Hall–Kier alpha value is -1.17. The summed E-state index contributed by atoms with van der Waals surface area (Å²) in [5, 5.41) is -0.115. The lowest BCUT2D eigenvalue weighted by atomic mass is 10.1. The lowest BCUT2D eigenvalue weighted by molar-refractivity contribution is 0.351. The Balaban J connectivity index is 1.45. The predicted molar refractivity (Wildman–Crippen MR) is 94.6 cm³/mol. The second-order valence-electron chi connectivity index (χ2n) is 6.88. The van der Waals surface area contributed by atoms with Crippen LogP contribution in [-0.2, 0) is 10.0 Å². The van der Waals surface area contributed by atoms with Crippen LogP contribution in [0.4, 0.5) is 0 Å². The highest BCUT2D eigenvalue weighted by atomic mass is 32.2. The second-order valence-corrected chi connectivity index (χ2v) is 8.93. The first kappa shape index (κ1) is 16.7. The minimum atomic E-state index is -3.04. The summed E-state index contributed by atoms with van der Waals surface area (Å²) in [5.74, 6) is 0.438. The molecule has 3 rings (SSSR count). The molecule has 1 aromatic carbocycles. The quantitative estimate of drug-likeness (QED) is 0.833. The summed E-state index contributed by atoms with van der Waals surface area (Å²) in [7, 11) is -3.04. The number of benzene rings is 1. The number of sulfonamides is 1. The highest BCUT2D eigenvalue weighted by Gasteiger charge is 2.36. The summed E-state index contributed by atoms with van der Waals surface area (Å²) < 4.78 is 26.6. The first-order chi connectivity index (χ1) is 11.0. The molecule has 1 aromatic rings. The summed E-state index contributed by atoms with van der Waals surface area (Å²) >= 11 is 0. The fourth-order valence-electron chi connectivity index (χ4n) is 3.19. The van der Waals surface area contributed by atoms with Gasteiger partial charge in [0, 0.05) is 19.6 Å². The van der Waals surface area contributed by atoms with Crippen molar-refractivity contribution >= 4 is 16.1 Å². The molecule has 1 saturated heterocycles. The van der Waals surface area contributed by atoms with Crippen LogP contribution >= 0.6 is 0 Å². The van der Waals surface area contributed by atoms with E-state index in [0.717, 1.165) is 38.9 Å². The standard InChI is InChI=1S/C18H26N2O2S/c1-15(11-16-5-3-2-4-6-16)13-20-10-9-17(14-20)12-19-23(21,22)18-7-8-18/h2-6,11,17-19H,7-10,12-14H2,1H3/b15-11+/t17-/m0/s1. The molecular weight excluding hydrogens is 308 g/mol. The van der Waals surface area contributed by atoms with Gasteiger partial charge in [-0.1, -0.05) is 42.0 Å². The molecule has 1 aliphatic carbocycles. The van der Waals surface area contributed by atoms with Crippen LogP contribution in [-0.4, -0.2) is 44.7 Å². The Labute approximate surface area is 139 Å².